The number of hydrogen-bond acceptors (Lipinski definition) is 7. The first kappa shape index (κ1) is 28.6. The summed E-state index contributed by atoms with van der Waals surface area (Å²) in [5, 5.41) is 12.8. The summed E-state index contributed by atoms with van der Waals surface area (Å²) in [6, 6.07) is 0.863. The van der Waals surface area contributed by atoms with E-state index in [1.807, 2.05) is 0 Å². The minimum Gasteiger partial charge on any atom is -0.458 e. The summed E-state index contributed by atoms with van der Waals surface area (Å²) in [6.45, 7) is 18.7. The summed E-state index contributed by atoms with van der Waals surface area (Å²) >= 11 is 0. The number of esters is 1. The quantitative estimate of drug-likeness (QED) is 0.293. The van der Waals surface area contributed by atoms with Crippen LogP contribution in [0, 0.1) is 5.92 Å². The highest BCUT2D eigenvalue weighted by Crippen LogP contribution is 2.38. The summed E-state index contributed by atoms with van der Waals surface area (Å²) < 4.78 is 25.7. The number of aliphatic hydroxyl groups excluding tert-OH is 1. The predicted molar refractivity (Wildman–Crippen MR) is 138 cm³/mol. The number of carbonyl (C=O) groups excluding carboxylic acids is 2. The van der Waals surface area contributed by atoms with E-state index in [4.69, 9.17) is 17.1 Å². The van der Waals surface area contributed by atoms with Gasteiger partial charge in [-0.1, -0.05) is 6.58 Å². The van der Waals surface area contributed by atoms with E-state index < -0.39 is 57.8 Å². The van der Waals surface area contributed by atoms with Gasteiger partial charge in [0.25, 0.3) is 0 Å². The summed E-state index contributed by atoms with van der Waals surface area (Å²) in [5.74, 6) is -0.663. The van der Waals surface area contributed by atoms with E-state index in [1.165, 1.54) is 0 Å². The molecule has 0 radical (unpaired) electrons. The second-order valence-electron chi connectivity index (χ2n) is 11.3. The van der Waals surface area contributed by atoms with Crippen molar-refractivity contribution >= 4 is 45.6 Å². The molecule has 12 heteroatoms. The zero-order valence-corrected chi connectivity index (χ0v) is 25.4. The van der Waals surface area contributed by atoms with Crippen LogP contribution >= 0.6 is 0 Å². The van der Waals surface area contributed by atoms with Crippen LogP contribution in [0.25, 0.3) is 0 Å². The molecule has 2 rings (SSSR count). The van der Waals surface area contributed by atoms with Gasteiger partial charge >= 0.3 is 23.1 Å². The summed E-state index contributed by atoms with van der Waals surface area (Å²) in [5.41, 5.74) is 1.07. The lowest BCUT2D eigenvalue weighted by Gasteiger charge is -2.48. The highest BCUT2D eigenvalue weighted by molar-refractivity contribution is 6.99. The molecule has 190 valence electrons. The molecule has 2 N–H and O–H groups in total. The first-order valence-corrected chi connectivity index (χ1v) is 23.5. The summed E-state index contributed by atoms with van der Waals surface area (Å²) in [6.07, 6.45) is 2.84. The second kappa shape index (κ2) is 11.0. The minimum atomic E-state index is -2.44. The molecule has 0 aromatic heterocycles. The maximum atomic E-state index is 12.1. The van der Waals surface area contributed by atoms with Gasteiger partial charge in [0, 0.05) is 0 Å². The third-order valence-electron chi connectivity index (χ3n) is 6.07. The Bertz CT molecular complexity index is 709. The van der Waals surface area contributed by atoms with Crippen LogP contribution in [0.4, 0.5) is 0 Å². The molecule has 1 saturated heterocycles. The van der Waals surface area contributed by atoms with Gasteiger partial charge in [0.15, 0.2) is 16.6 Å². The Morgan fingerprint density at radius 1 is 1.06 bits per heavy atom. The number of amides is 1. The fraction of sp³-hybridized carbons (Fsp3) is 0.810. The molecular formula is C21H43NO7Si4. The molecule has 2 aliphatic rings. The van der Waals surface area contributed by atoms with E-state index in [0.717, 1.165) is 30.6 Å². The Balaban J connectivity index is 1.98. The first-order valence-electron chi connectivity index (χ1n) is 11.9. The average Bonchev–Trinajstić information content (AvgIpc) is 2.62. The van der Waals surface area contributed by atoms with Crippen LogP contribution in [0.5, 0.6) is 0 Å². The lowest BCUT2D eigenvalue weighted by atomic mass is 9.84. The Hall–Kier alpha value is -0.612. The molecule has 33 heavy (non-hydrogen) atoms. The third-order valence-corrected chi connectivity index (χ3v) is 25.9. The zero-order valence-electron chi connectivity index (χ0n) is 21.4. The SMILES string of the molecule is C=CC(=O)NCC(=O)OC1CC(CC[Si]2(C)O[Si](C)(C)C[Si](C)(C)O[Si](C)(C)O2)CCC1O. The second-order valence-corrected chi connectivity index (χ2v) is 27.7. The maximum absolute atomic E-state index is 12.1. The number of rotatable bonds is 7. The molecule has 4 atom stereocenters. The van der Waals surface area contributed by atoms with E-state index in [-0.39, 0.29) is 6.54 Å². The van der Waals surface area contributed by atoms with Gasteiger partial charge in [0.2, 0.25) is 5.91 Å². The van der Waals surface area contributed by atoms with Gasteiger partial charge in [-0.3, -0.25) is 9.59 Å². The van der Waals surface area contributed by atoms with Crippen molar-refractivity contribution in [1.29, 1.82) is 0 Å². The van der Waals surface area contributed by atoms with Crippen LogP contribution in [0.1, 0.15) is 25.7 Å². The lowest BCUT2D eigenvalue weighted by Crippen LogP contribution is -2.63. The third kappa shape index (κ3) is 9.51. The van der Waals surface area contributed by atoms with Crippen LogP contribution in [-0.2, 0) is 26.7 Å². The molecule has 2 fully saturated rings. The monoisotopic (exact) mass is 533 g/mol. The molecule has 0 spiro atoms. The van der Waals surface area contributed by atoms with E-state index in [2.05, 4.69) is 57.7 Å². The van der Waals surface area contributed by atoms with Crippen molar-refractivity contribution in [3.8, 4) is 0 Å². The Kier molecular flexibility index (Phi) is 9.52. The Morgan fingerprint density at radius 3 is 2.33 bits per heavy atom. The predicted octanol–water partition coefficient (Wildman–Crippen LogP) is 3.54. The van der Waals surface area contributed by atoms with Crippen LogP contribution in [0.2, 0.25) is 57.5 Å². The van der Waals surface area contributed by atoms with Gasteiger partial charge in [0.1, 0.15) is 12.6 Å². The normalized spacial score (nSPS) is 33.3. The molecule has 1 amide bonds. The van der Waals surface area contributed by atoms with E-state index in [0.29, 0.717) is 18.8 Å². The van der Waals surface area contributed by atoms with Crippen molar-refractivity contribution in [3.63, 3.8) is 0 Å². The van der Waals surface area contributed by atoms with Crippen molar-refractivity contribution < 1.29 is 31.8 Å². The van der Waals surface area contributed by atoms with Crippen LogP contribution in [-0.4, -0.2) is 69.5 Å². The molecule has 0 aromatic rings. The zero-order chi connectivity index (χ0) is 25.1. The van der Waals surface area contributed by atoms with Gasteiger partial charge in [0.05, 0.1) is 6.10 Å². The van der Waals surface area contributed by atoms with Crippen molar-refractivity contribution in [2.45, 2.75) is 95.4 Å². The number of ether oxygens (including phenoxy) is 1. The highest BCUT2D eigenvalue weighted by Gasteiger charge is 2.51. The van der Waals surface area contributed by atoms with E-state index in [1.54, 1.807) is 0 Å². The van der Waals surface area contributed by atoms with Gasteiger partial charge in [-0.2, -0.15) is 0 Å². The molecule has 8 nitrogen and oxygen atoms in total. The largest absolute Gasteiger partial charge is 0.458 e. The fourth-order valence-electron chi connectivity index (χ4n) is 5.50. The number of hydrogen-bond donors (Lipinski definition) is 2. The van der Waals surface area contributed by atoms with Gasteiger partial charge < -0.3 is 27.5 Å². The molecule has 1 aliphatic carbocycles. The van der Waals surface area contributed by atoms with Crippen molar-refractivity contribution in [3.05, 3.63) is 12.7 Å². The molecule has 0 bridgehead atoms. The van der Waals surface area contributed by atoms with E-state index in [9.17, 15) is 14.7 Å². The summed E-state index contributed by atoms with van der Waals surface area (Å²) in [4.78, 5) is 23.3. The number of nitrogens with one attached hydrogen (secondary N) is 1. The highest BCUT2D eigenvalue weighted by atomic mass is 28.5. The molecule has 0 aromatic carbocycles. The van der Waals surface area contributed by atoms with E-state index >= 15 is 0 Å². The standard InChI is InChI=1S/C21H43NO7Si4/c1-9-20(24)22-15-21(25)26-19-14-17(10-11-18(19)23)12-13-33(8)28-31(4,5)16-30(2,3)27-32(6,7)29-33/h9,17-19,23H,1,10-16H2,2-8H3,(H,22,24). The van der Waals surface area contributed by atoms with Gasteiger partial charge in [-0.05, 0) is 95.2 Å². The molecule has 1 aliphatic heterocycles. The first-order chi connectivity index (χ1) is 15.0. The minimum absolute atomic E-state index is 0.232. The fourth-order valence-corrected chi connectivity index (χ4v) is 32.6. The van der Waals surface area contributed by atoms with Crippen molar-refractivity contribution in [1.82, 2.24) is 5.32 Å². The maximum Gasteiger partial charge on any atom is 0.325 e. The smallest absolute Gasteiger partial charge is 0.325 e. The van der Waals surface area contributed by atoms with Gasteiger partial charge in [-0.15, -0.1) is 0 Å². The Morgan fingerprint density at radius 2 is 1.70 bits per heavy atom. The number of aliphatic hydroxyl groups is 1. The summed E-state index contributed by atoms with van der Waals surface area (Å²) in [7, 11) is -8.47. The topological polar surface area (TPSA) is 103 Å². The van der Waals surface area contributed by atoms with Crippen molar-refractivity contribution in [2.75, 3.05) is 6.54 Å². The molecule has 1 saturated carbocycles. The molecule has 1 heterocycles. The van der Waals surface area contributed by atoms with Crippen molar-refractivity contribution in [2.24, 2.45) is 5.92 Å². The molecule has 4 unspecified atom stereocenters. The molecular weight excluding hydrogens is 491 g/mol. The van der Waals surface area contributed by atoms with Crippen LogP contribution < -0.4 is 5.32 Å². The van der Waals surface area contributed by atoms with Gasteiger partial charge in [-0.25, -0.2) is 0 Å². The number of carbonyl (C=O) groups is 2. The van der Waals surface area contributed by atoms with Crippen LogP contribution in [0.3, 0.4) is 0 Å². The average molecular weight is 534 g/mol. The lowest BCUT2D eigenvalue weighted by molar-refractivity contribution is -0.158. The van der Waals surface area contributed by atoms with Crippen LogP contribution in [0.15, 0.2) is 12.7 Å². The Labute approximate surface area is 203 Å².